The molecule has 2 saturated heterocycles. The fourth-order valence-corrected chi connectivity index (χ4v) is 4.61. The molecule has 0 aromatic heterocycles. The first-order chi connectivity index (χ1) is 14.3. The second kappa shape index (κ2) is 9.83. The minimum absolute atomic E-state index is 0.128. The normalized spacial score (nSPS) is 22.7. The molecule has 1 atom stereocenters. The third-order valence-electron chi connectivity index (χ3n) is 6.23. The van der Waals surface area contributed by atoms with Gasteiger partial charge in [0.25, 0.3) is 0 Å². The van der Waals surface area contributed by atoms with Crippen molar-refractivity contribution in [2.75, 3.05) is 59.0 Å². The van der Waals surface area contributed by atoms with Crippen LogP contribution in [0.2, 0.25) is 0 Å². The van der Waals surface area contributed by atoms with Gasteiger partial charge in [-0.15, -0.1) is 0 Å². The van der Waals surface area contributed by atoms with Crippen molar-refractivity contribution >= 4 is 11.3 Å². The highest BCUT2D eigenvalue weighted by Gasteiger charge is 2.28. The number of ether oxygens (including phenoxy) is 4. The Hall–Kier alpha value is -1.76. The first-order valence-electron chi connectivity index (χ1n) is 10.9. The summed E-state index contributed by atoms with van der Waals surface area (Å²) in [5.74, 6) is 2.07. The molecule has 29 heavy (non-hydrogen) atoms. The Morgan fingerprint density at radius 2 is 1.90 bits per heavy atom. The number of hydrogen-bond acceptors (Lipinski definition) is 6. The summed E-state index contributed by atoms with van der Waals surface area (Å²) in [6.07, 6.45) is 7.84. The van der Waals surface area contributed by atoms with Crippen LogP contribution in [0.4, 0.5) is 5.69 Å². The molecule has 1 aromatic carbocycles. The van der Waals surface area contributed by atoms with E-state index in [0.29, 0.717) is 12.5 Å². The summed E-state index contributed by atoms with van der Waals surface area (Å²) < 4.78 is 23.0. The maximum atomic E-state index is 6.13. The van der Waals surface area contributed by atoms with Crippen molar-refractivity contribution in [3.05, 3.63) is 23.8 Å². The smallest absolute Gasteiger partial charge is 0.163 e. The van der Waals surface area contributed by atoms with E-state index >= 15 is 0 Å². The second-order valence-corrected chi connectivity index (χ2v) is 8.11. The van der Waals surface area contributed by atoms with Crippen molar-refractivity contribution in [3.8, 4) is 11.5 Å². The molecule has 1 N–H and O–H groups in total. The number of hydrogen-bond donors (Lipinski definition) is 1. The van der Waals surface area contributed by atoms with Gasteiger partial charge in [0.1, 0.15) is 6.23 Å². The number of fused-ring (bicyclic) bond motifs is 1. The summed E-state index contributed by atoms with van der Waals surface area (Å²) >= 11 is 0. The maximum absolute atomic E-state index is 6.13. The number of nitrogens with zero attached hydrogens (tertiary/aromatic N) is 1. The zero-order chi connectivity index (χ0) is 20.1. The van der Waals surface area contributed by atoms with Gasteiger partial charge in [-0.2, -0.15) is 0 Å². The highest BCUT2D eigenvalue weighted by molar-refractivity contribution is 5.83. The summed E-state index contributed by atoms with van der Waals surface area (Å²) in [6.45, 7) is 5.89. The van der Waals surface area contributed by atoms with Gasteiger partial charge in [0.2, 0.25) is 0 Å². The minimum atomic E-state index is -0.128. The van der Waals surface area contributed by atoms with Gasteiger partial charge in [0, 0.05) is 44.2 Å². The fourth-order valence-electron chi connectivity index (χ4n) is 4.61. The molecule has 0 bridgehead atoms. The Kier molecular flexibility index (Phi) is 6.95. The zero-order valence-electron chi connectivity index (χ0n) is 17.7. The van der Waals surface area contributed by atoms with Crippen molar-refractivity contribution in [2.45, 2.75) is 38.3 Å². The first kappa shape index (κ1) is 20.5. The molecule has 1 unspecified atom stereocenters. The number of methoxy groups -OCH3 is 2. The molecule has 0 saturated carbocycles. The van der Waals surface area contributed by atoms with E-state index in [1.165, 1.54) is 37.1 Å². The number of anilines is 1. The van der Waals surface area contributed by atoms with Crippen molar-refractivity contribution < 1.29 is 18.9 Å². The molecule has 6 heteroatoms. The Morgan fingerprint density at radius 3 is 2.62 bits per heavy atom. The standard InChI is InChI=1S/C23H34N2O4/c1-26-21-14-19-18(17-6-12-28-13-7-17)15-23(27-2)24-20(19)16-22(21)29-11-5-10-25-8-3-4-9-25/h14-17,23-24H,3-13H2,1-2H3. The summed E-state index contributed by atoms with van der Waals surface area (Å²) in [4.78, 5) is 2.52. The van der Waals surface area contributed by atoms with Crippen molar-refractivity contribution in [2.24, 2.45) is 5.92 Å². The van der Waals surface area contributed by atoms with Crippen molar-refractivity contribution in [1.82, 2.24) is 4.90 Å². The van der Waals surface area contributed by atoms with Crippen LogP contribution in [0.1, 0.15) is 37.7 Å². The van der Waals surface area contributed by atoms with Gasteiger partial charge >= 0.3 is 0 Å². The SMILES string of the molecule is COc1cc2c(cc1OCCCN1CCCC1)NC(OC)C=C2C1CCOCC1. The third-order valence-corrected chi connectivity index (χ3v) is 6.23. The Balaban J connectivity index is 1.49. The van der Waals surface area contributed by atoms with E-state index < -0.39 is 0 Å². The van der Waals surface area contributed by atoms with E-state index in [1.54, 1.807) is 14.2 Å². The van der Waals surface area contributed by atoms with Crippen LogP contribution in [-0.2, 0) is 9.47 Å². The van der Waals surface area contributed by atoms with Crippen LogP contribution in [0.15, 0.2) is 18.2 Å². The quantitative estimate of drug-likeness (QED) is 0.668. The third kappa shape index (κ3) is 4.87. The maximum Gasteiger partial charge on any atom is 0.163 e. The highest BCUT2D eigenvalue weighted by atomic mass is 16.5. The Bertz CT molecular complexity index is 709. The van der Waals surface area contributed by atoms with Crippen LogP contribution in [0.5, 0.6) is 11.5 Å². The summed E-state index contributed by atoms with van der Waals surface area (Å²) in [6, 6.07) is 4.19. The van der Waals surface area contributed by atoms with E-state index in [-0.39, 0.29) is 6.23 Å². The molecular weight excluding hydrogens is 368 g/mol. The zero-order valence-corrected chi connectivity index (χ0v) is 17.7. The number of rotatable bonds is 8. The molecule has 0 spiro atoms. The summed E-state index contributed by atoms with van der Waals surface area (Å²) in [5.41, 5.74) is 3.57. The summed E-state index contributed by atoms with van der Waals surface area (Å²) in [7, 11) is 3.45. The Morgan fingerprint density at radius 1 is 1.10 bits per heavy atom. The Labute approximate surface area is 174 Å². The molecule has 0 amide bonds. The molecule has 1 aromatic rings. The predicted octanol–water partition coefficient (Wildman–Crippen LogP) is 3.77. The van der Waals surface area contributed by atoms with E-state index in [1.807, 2.05) is 0 Å². The van der Waals surface area contributed by atoms with Crippen LogP contribution < -0.4 is 14.8 Å². The van der Waals surface area contributed by atoms with E-state index in [4.69, 9.17) is 18.9 Å². The second-order valence-electron chi connectivity index (χ2n) is 8.11. The molecule has 0 radical (unpaired) electrons. The monoisotopic (exact) mass is 402 g/mol. The molecule has 3 aliphatic rings. The van der Waals surface area contributed by atoms with Gasteiger partial charge in [-0.05, 0) is 68.8 Å². The largest absolute Gasteiger partial charge is 0.493 e. The van der Waals surface area contributed by atoms with Crippen molar-refractivity contribution in [3.63, 3.8) is 0 Å². The van der Waals surface area contributed by atoms with Gasteiger partial charge in [0.15, 0.2) is 11.5 Å². The average Bonchev–Trinajstić information content (AvgIpc) is 3.29. The molecule has 4 rings (SSSR count). The van der Waals surface area contributed by atoms with Gasteiger partial charge in [-0.3, -0.25) is 0 Å². The highest BCUT2D eigenvalue weighted by Crippen LogP contribution is 2.43. The topological polar surface area (TPSA) is 52.2 Å². The van der Waals surface area contributed by atoms with Gasteiger partial charge < -0.3 is 29.2 Å². The van der Waals surface area contributed by atoms with Gasteiger partial charge in [-0.25, -0.2) is 0 Å². The molecule has 3 aliphatic heterocycles. The number of benzene rings is 1. The van der Waals surface area contributed by atoms with Gasteiger partial charge in [-0.1, -0.05) is 0 Å². The van der Waals surface area contributed by atoms with E-state index in [9.17, 15) is 0 Å². The minimum Gasteiger partial charge on any atom is -0.493 e. The van der Waals surface area contributed by atoms with E-state index in [0.717, 1.165) is 56.2 Å². The lowest BCUT2D eigenvalue weighted by Gasteiger charge is -2.32. The summed E-state index contributed by atoms with van der Waals surface area (Å²) in [5, 5.41) is 3.47. The average molecular weight is 403 g/mol. The molecular formula is C23H34N2O4. The number of nitrogens with one attached hydrogen (secondary N) is 1. The molecule has 2 fully saturated rings. The van der Waals surface area contributed by atoms with Crippen LogP contribution in [-0.4, -0.2) is 64.8 Å². The van der Waals surface area contributed by atoms with Crippen LogP contribution >= 0.6 is 0 Å². The fraction of sp³-hybridized carbons (Fsp3) is 0.652. The van der Waals surface area contributed by atoms with Crippen LogP contribution in [0.3, 0.4) is 0 Å². The number of allylic oxidation sites excluding steroid dienone is 1. The van der Waals surface area contributed by atoms with E-state index in [2.05, 4.69) is 28.4 Å². The predicted molar refractivity (Wildman–Crippen MR) is 115 cm³/mol. The molecule has 6 nitrogen and oxygen atoms in total. The molecule has 0 aliphatic carbocycles. The van der Waals surface area contributed by atoms with Crippen LogP contribution in [0, 0.1) is 5.92 Å². The van der Waals surface area contributed by atoms with Gasteiger partial charge in [0.05, 0.1) is 13.7 Å². The lowest BCUT2D eigenvalue weighted by Crippen LogP contribution is -2.27. The lowest BCUT2D eigenvalue weighted by molar-refractivity contribution is 0.0802. The first-order valence-corrected chi connectivity index (χ1v) is 10.9. The number of likely N-dealkylation sites (tertiary alicyclic amines) is 1. The lowest BCUT2D eigenvalue weighted by atomic mass is 9.84. The van der Waals surface area contributed by atoms with Crippen molar-refractivity contribution in [1.29, 1.82) is 0 Å². The van der Waals surface area contributed by atoms with Crippen LogP contribution in [0.25, 0.3) is 5.57 Å². The molecule has 160 valence electrons. The molecule has 3 heterocycles.